The highest BCUT2D eigenvalue weighted by atomic mass is 16.5. The van der Waals surface area contributed by atoms with Gasteiger partial charge in [-0.2, -0.15) is 0 Å². The molecule has 2 N–H and O–H groups in total. The van der Waals surface area contributed by atoms with Gasteiger partial charge in [0, 0.05) is 6.61 Å². The number of rotatable bonds is 10. The van der Waals surface area contributed by atoms with Gasteiger partial charge in [-0.25, -0.2) is 0 Å². The predicted octanol–water partition coefficient (Wildman–Crippen LogP) is 2.04. The van der Waals surface area contributed by atoms with Crippen molar-refractivity contribution in [1.82, 2.24) is 5.32 Å². The zero-order chi connectivity index (χ0) is 12.7. The molecule has 4 nitrogen and oxygen atoms in total. The van der Waals surface area contributed by atoms with Crippen molar-refractivity contribution >= 4 is 5.97 Å². The van der Waals surface area contributed by atoms with E-state index in [0.717, 1.165) is 32.1 Å². The monoisotopic (exact) mass is 243 g/mol. The van der Waals surface area contributed by atoms with Crippen LogP contribution in [-0.4, -0.2) is 36.4 Å². The summed E-state index contributed by atoms with van der Waals surface area (Å²) >= 11 is 0. The van der Waals surface area contributed by atoms with Crippen LogP contribution in [0.1, 0.15) is 46.0 Å². The molecule has 0 heterocycles. The second-order valence-electron chi connectivity index (χ2n) is 4.84. The van der Waals surface area contributed by atoms with Crippen LogP contribution in [0.5, 0.6) is 0 Å². The number of carboxylic acids is 1. The Kier molecular flexibility index (Phi) is 5.92. The van der Waals surface area contributed by atoms with Gasteiger partial charge in [-0.1, -0.05) is 26.7 Å². The topological polar surface area (TPSA) is 58.6 Å². The number of carboxylic acid groups (broad SMARTS) is 1. The van der Waals surface area contributed by atoms with Crippen LogP contribution in [0.15, 0.2) is 0 Å². The lowest BCUT2D eigenvalue weighted by atomic mass is 9.94. The lowest BCUT2D eigenvalue weighted by Gasteiger charge is -2.30. The summed E-state index contributed by atoms with van der Waals surface area (Å²) in [5.41, 5.74) is -0.846. The van der Waals surface area contributed by atoms with Crippen LogP contribution in [0.3, 0.4) is 0 Å². The molecule has 1 aliphatic carbocycles. The van der Waals surface area contributed by atoms with E-state index in [1.54, 1.807) is 0 Å². The zero-order valence-electron chi connectivity index (χ0n) is 11.0. The summed E-state index contributed by atoms with van der Waals surface area (Å²) in [6.07, 6.45) is 5.31. The summed E-state index contributed by atoms with van der Waals surface area (Å²) in [7, 11) is 0. The van der Waals surface area contributed by atoms with Gasteiger partial charge >= 0.3 is 5.97 Å². The first-order valence-corrected chi connectivity index (χ1v) is 6.73. The molecular weight excluding hydrogens is 218 g/mol. The second kappa shape index (κ2) is 6.97. The minimum atomic E-state index is -0.846. The highest BCUT2D eigenvalue weighted by Gasteiger charge is 2.51. The van der Waals surface area contributed by atoms with Crippen LogP contribution >= 0.6 is 0 Å². The van der Waals surface area contributed by atoms with Gasteiger partial charge in [0.25, 0.3) is 0 Å². The molecule has 100 valence electrons. The highest BCUT2D eigenvalue weighted by molar-refractivity contribution is 5.80. The van der Waals surface area contributed by atoms with Gasteiger partial charge in [0.05, 0.1) is 6.61 Å². The average Bonchev–Trinajstić information content (AvgIpc) is 3.11. The van der Waals surface area contributed by atoms with E-state index in [9.17, 15) is 9.90 Å². The van der Waals surface area contributed by atoms with Gasteiger partial charge in [-0.15, -0.1) is 0 Å². The molecule has 1 aliphatic rings. The van der Waals surface area contributed by atoms with Crippen LogP contribution in [0.25, 0.3) is 0 Å². The Morgan fingerprint density at radius 2 is 2.12 bits per heavy atom. The summed E-state index contributed by atoms with van der Waals surface area (Å²) in [5, 5.41) is 12.5. The van der Waals surface area contributed by atoms with E-state index in [4.69, 9.17) is 4.74 Å². The van der Waals surface area contributed by atoms with Crippen molar-refractivity contribution in [2.45, 2.75) is 51.5 Å². The smallest absolute Gasteiger partial charge is 0.326 e. The van der Waals surface area contributed by atoms with E-state index in [-0.39, 0.29) is 5.92 Å². The normalized spacial score (nSPS) is 18.9. The van der Waals surface area contributed by atoms with Crippen molar-refractivity contribution in [3.63, 3.8) is 0 Å². The Bertz CT molecular complexity index is 241. The van der Waals surface area contributed by atoms with Crippen LogP contribution in [0, 0.1) is 5.92 Å². The number of hydrogen-bond acceptors (Lipinski definition) is 3. The number of aliphatic carboxylic acids is 1. The Balaban J connectivity index is 2.42. The molecule has 0 saturated heterocycles. The van der Waals surface area contributed by atoms with Gasteiger partial charge in [0.15, 0.2) is 0 Å². The van der Waals surface area contributed by atoms with Crippen LogP contribution in [-0.2, 0) is 9.53 Å². The lowest BCUT2D eigenvalue weighted by molar-refractivity contribution is -0.149. The number of unbranched alkanes of at least 4 members (excludes halogenated alkanes) is 2. The molecule has 1 unspecified atom stereocenters. The fraction of sp³-hybridized carbons (Fsp3) is 0.923. The number of hydrogen-bond donors (Lipinski definition) is 2. The molecule has 0 amide bonds. The second-order valence-corrected chi connectivity index (χ2v) is 4.84. The Morgan fingerprint density at radius 1 is 1.41 bits per heavy atom. The maximum Gasteiger partial charge on any atom is 0.326 e. The predicted molar refractivity (Wildman–Crippen MR) is 67.1 cm³/mol. The summed E-state index contributed by atoms with van der Waals surface area (Å²) in [5.74, 6) is -0.525. The maximum absolute atomic E-state index is 11.5. The molecule has 1 rings (SSSR count). The molecule has 1 saturated carbocycles. The highest BCUT2D eigenvalue weighted by Crippen LogP contribution is 2.40. The standard InChI is InChI=1S/C13H25NO3/c1-3-5-6-9-17-10-13(12(15)16,14-4-2)11-7-8-11/h11,14H,3-10H2,1-2H3,(H,15,16). The van der Waals surface area contributed by atoms with E-state index >= 15 is 0 Å². The van der Waals surface area contributed by atoms with Crippen molar-refractivity contribution in [3.8, 4) is 0 Å². The SMILES string of the molecule is CCCCCOCC(NCC)(C(=O)O)C1CC1. The minimum absolute atomic E-state index is 0.242. The summed E-state index contributed by atoms with van der Waals surface area (Å²) in [4.78, 5) is 11.5. The summed E-state index contributed by atoms with van der Waals surface area (Å²) in [6.45, 7) is 5.72. The quantitative estimate of drug-likeness (QED) is 0.576. The van der Waals surface area contributed by atoms with Crippen molar-refractivity contribution in [1.29, 1.82) is 0 Å². The Hall–Kier alpha value is -0.610. The van der Waals surface area contributed by atoms with Gasteiger partial charge < -0.3 is 9.84 Å². The molecule has 1 atom stereocenters. The number of likely N-dealkylation sites (N-methyl/N-ethyl adjacent to an activating group) is 1. The first-order chi connectivity index (χ1) is 8.17. The van der Waals surface area contributed by atoms with Crippen LogP contribution < -0.4 is 5.32 Å². The molecule has 0 aromatic carbocycles. The molecule has 0 aliphatic heterocycles. The first kappa shape index (κ1) is 14.5. The van der Waals surface area contributed by atoms with Gasteiger partial charge in [-0.3, -0.25) is 10.1 Å². The van der Waals surface area contributed by atoms with Gasteiger partial charge in [0.2, 0.25) is 0 Å². The molecule has 0 aromatic heterocycles. The third-order valence-electron chi connectivity index (χ3n) is 3.37. The largest absolute Gasteiger partial charge is 0.480 e. The summed E-state index contributed by atoms with van der Waals surface area (Å²) in [6, 6.07) is 0. The van der Waals surface area contributed by atoms with E-state index in [2.05, 4.69) is 12.2 Å². The number of nitrogens with one attached hydrogen (secondary N) is 1. The number of ether oxygens (including phenoxy) is 1. The molecule has 1 fully saturated rings. The molecule has 4 heteroatoms. The van der Waals surface area contributed by atoms with Crippen molar-refractivity contribution < 1.29 is 14.6 Å². The fourth-order valence-electron chi connectivity index (χ4n) is 2.20. The van der Waals surface area contributed by atoms with Crippen molar-refractivity contribution in [3.05, 3.63) is 0 Å². The fourth-order valence-corrected chi connectivity index (χ4v) is 2.20. The zero-order valence-corrected chi connectivity index (χ0v) is 11.0. The molecule has 17 heavy (non-hydrogen) atoms. The molecular formula is C13H25NO3. The van der Waals surface area contributed by atoms with E-state index in [1.165, 1.54) is 0 Å². The van der Waals surface area contributed by atoms with E-state index in [0.29, 0.717) is 19.8 Å². The van der Waals surface area contributed by atoms with Crippen LogP contribution in [0.2, 0.25) is 0 Å². The Morgan fingerprint density at radius 3 is 2.59 bits per heavy atom. The molecule has 0 bridgehead atoms. The van der Waals surface area contributed by atoms with Gasteiger partial charge in [0.1, 0.15) is 5.54 Å². The third-order valence-corrected chi connectivity index (χ3v) is 3.37. The molecule has 0 aromatic rings. The van der Waals surface area contributed by atoms with Crippen molar-refractivity contribution in [2.75, 3.05) is 19.8 Å². The van der Waals surface area contributed by atoms with Crippen LogP contribution in [0.4, 0.5) is 0 Å². The van der Waals surface area contributed by atoms with Crippen molar-refractivity contribution in [2.24, 2.45) is 5.92 Å². The Labute approximate surface area is 104 Å². The van der Waals surface area contributed by atoms with E-state index < -0.39 is 11.5 Å². The molecule has 0 radical (unpaired) electrons. The lowest BCUT2D eigenvalue weighted by Crippen LogP contribution is -2.57. The average molecular weight is 243 g/mol. The minimum Gasteiger partial charge on any atom is -0.480 e. The van der Waals surface area contributed by atoms with E-state index in [1.807, 2.05) is 6.92 Å². The third kappa shape index (κ3) is 3.96. The van der Waals surface area contributed by atoms with Gasteiger partial charge in [-0.05, 0) is 31.7 Å². The summed E-state index contributed by atoms with van der Waals surface area (Å²) < 4.78 is 5.57. The maximum atomic E-state index is 11.5. The molecule has 0 spiro atoms. The number of carbonyl (C=O) groups is 1. The first-order valence-electron chi connectivity index (χ1n) is 6.73.